The second-order valence-electron chi connectivity index (χ2n) is 2.78. The number of ether oxygens (including phenoxy) is 1. The molecule has 1 aromatic carbocycles. The minimum absolute atomic E-state index is 0.724. The zero-order chi connectivity index (χ0) is 8.39. The van der Waals surface area contributed by atoms with Gasteiger partial charge in [0.1, 0.15) is 6.73 Å². The largest absolute Gasteiger partial charge is 0.359 e. The average Bonchev–Trinajstić information content (AvgIpc) is 2.58. The number of nitrogens with zero attached hydrogens (tertiary/aromatic N) is 1. The van der Waals surface area contributed by atoms with Crippen LogP contribution in [0, 0.1) is 0 Å². The fourth-order valence-electron chi connectivity index (χ4n) is 1.27. The van der Waals surface area contributed by atoms with Gasteiger partial charge in [0.15, 0.2) is 0 Å². The van der Waals surface area contributed by atoms with E-state index in [1.54, 1.807) is 0 Å². The van der Waals surface area contributed by atoms with Crippen molar-refractivity contribution in [3.8, 4) is 0 Å². The van der Waals surface area contributed by atoms with E-state index in [1.165, 1.54) is 5.69 Å². The van der Waals surface area contributed by atoms with Gasteiger partial charge in [-0.1, -0.05) is 15.9 Å². The summed E-state index contributed by atoms with van der Waals surface area (Å²) in [5, 5.41) is 0. The SMILES string of the molecule is Brc1ccc(N2CCOC2)cc1. The lowest BCUT2D eigenvalue weighted by Gasteiger charge is -2.14. The summed E-state index contributed by atoms with van der Waals surface area (Å²) in [6, 6.07) is 8.29. The van der Waals surface area contributed by atoms with Crippen LogP contribution in [0.3, 0.4) is 0 Å². The van der Waals surface area contributed by atoms with Gasteiger partial charge in [-0.3, -0.25) is 0 Å². The highest BCUT2D eigenvalue weighted by atomic mass is 79.9. The monoisotopic (exact) mass is 227 g/mol. The third kappa shape index (κ3) is 1.62. The second kappa shape index (κ2) is 3.46. The number of hydrogen-bond donors (Lipinski definition) is 0. The van der Waals surface area contributed by atoms with Gasteiger partial charge in [-0.05, 0) is 24.3 Å². The smallest absolute Gasteiger partial charge is 0.119 e. The Kier molecular flexibility index (Phi) is 2.33. The van der Waals surface area contributed by atoms with Gasteiger partial charge in [0.2, 0.25) is 0 Å². The molecule has 0 unspecified atom stereocenters. The molecule has 1 saturated heterocycles. The molecule has 12 heavy (non-hydrogen) atoms. The van der Waals surface area contributed by atoms with Crippen LogP contribution in [0.1, 0.15) is 0 Å². The van der Waals surface area contributed by atoms with Gasteiger partial charge in [0.05, 0.1) is 6.61 Å². The maximum Gasteiger partial charge on any atom is 0.119 e. The molecular weight excluding hydrogens is 218 g/mol. The molecule has 0 atom stereocenters. The third-order valence-electron chi connectivity index (χ3n) is 1.94. The highest BCUT2D eigenvalue weighted by molar-refractivity contribution is 9.10. The van der Waals surface area contributed by atoms with E-state index in [-0.39, 0.29) is 0 Å². The minimum atomic E-state index is 0.724. The van der Waals surface area contributed by atoms with E-state index in [0.29, 0.717) is 0 Å². The molecule has 0 radical (unpaired) electrons. The molecule has 1 heterocycles. The summed E-state index contributed by atoms with van der Waals surface area (Å²) in [5.74, 6) is 0. The Labute approximate surface area is 80.3 Å². The van der Waals surface area contributed by atoms with E-state index >= 15 is 0 Å². The van der Waals surface area contributed by atoms with Crippen molar-refractivity contribution < 1.29 is 4.74 Å². The van der Waals surface area contributed by atoms with Gasteiger partial charge < -0.3 is 9.64 Å². The molecule has 2 rings (SSSR count). The van der Waals surface area contributed by atoms with Gasteiger partial charge in [-0.25, -0.2) is 0 Å². The Morgan fingerprint density at radius 3 is 2.58 bits per heavy atom. The molecule has 64 valence electrons. The van der Waals surface area contributed by atoms with E-state index in [0.717, 1.165) is 24.4 Å². The number of hydrogen-bond acceptors (Lipinski definition) is 2. The fourth-order valence-corrected chi connectivity index (χ4v) is 1.53. The van der Waals surface area contributed by atoms with Crippen LogP contribution in [0.4, 0.5) is 5.69 Å². The molecule has 0 bridgehead atoms. The Morgan fingerprint density at radius 1 is 1.25 bits per heavy atom. The van der Waals surface area contributed by atoms with Crippen molar-refractivity contribution in [1.29, 1.82) is 0 Å². The standard InChI is InChI=1S/C9H10BrNO/c10-8-1-3-9(4-2-8)11-5-6-12-7-11/h1-4H,5-7H2. The van der Waals surface area contributed by atoms with Gasteiger partial charge in [0, 0.05) is 16.7 Å². The lowest BCUT2D eigenvalue weighted by molar-refractivity contribution is 0.201. The summed E-state index contributed by atoms with van der Waals surface area (Å²) in [7, 11) is 0. The quantitative estimate of drug-likeness (QED) is 0.730. The third-order valence-corrected chi connectivity index (χ3v) is 2.47. The molecule has 0 N–H and O–H groups in total. The first-order chi connectivity index (χ1) is 5.86. The molecule has 1 aromatic rings. The summed E-state index contributed by atoms with van der Waals surface area (Å²) < 4.78 is 6.37. The fraction of sp³-hybridized carbons (Fsp3) is 0.333. The van der Waals surface area contributed by atoms with Gasteiger partial charge in [-0.15, -0.1) is 0 Å². The van der Waals surface area contributed by atoms with Crippen LogP contribution >= 0.6 is 15.9 Å². The zero-order valence-electron chi connectivity index (χ0n) is 6.66. The molecule has 3 heteroatoms. The van der Waals surface area contributed by atoms with Gasteiger partial charge in [0.25, 0.3) is 0 Å². The topological polar surface area (TPSA) is 12.5 Å². The van der Waals surface area contributed by atoms with Crippen LogP contribution < -0.4 is 4.90 Å². The van der Waals surface area contributed by atoms with Crippen LogP contribution in [-0.4, -0.2) is 19.9 Å². The Hall–Kier alpha value is -0.540. The number of halogens is 1. The molecule has 1 fully saturated rings. The number of rotatable bonds is 1. The summed E-state index contributed by atoms with van der Waals surface area (Å²) in [6.07, 6.45) is 0. The molecule has 0 aliphatic carbocycles. The molecule has 0 aromatic heterocycles. The van der Waals surface area contributed by atoms with E-state index in [9.17, 15) is 0 Å². The number of benzene rings is 1. The first-order valence-electron chi connectivity index (χ1n) is 3.94. The van der Waals surface area contributed by atoms with E-state index in [2.05, 4.69) is 33.0 Å². The van der Waals surface area contributed by atoms with Crippen molar-refractivity contribution in [1.82, 2.24) is 0 Å². The van der Waals surface area contributed by atoms with Crippen LogP contribution in [0.5, 0.6) is 0 Å². The zero-order valence-corrected chi connectivity index (χ0v) is 8.25. The van der Waals surface area contributed by atoms with E-state index in [4.69, 9.17) is 4.74 Å². The summed E-state index contributed by atoms with van der Waals surface area (Å²) in [5.41, 5.74) is 1.23. The molecule has 0 spiro atoms. The van der Waals surface area contributed by atoms with E-state index < -0.39 is 0 Å². The molecular formula is C9H10BrNO. The van der Waals surface area contributed by atoms with Crippen molar-refractivity contribution in [3.63, 3.8) is 0 Å². The van der Waals surface area contributed by atoms with Crippen molar-refractivity contribution in [2.75, 3.05) is 24.8 Å². The van der Waals surface area contributed by atoms with Crippen LogP contribution in [0.25, 0.3) is 0 Å². The second-order valence-corrected chi connectivity index (χ2v) is 3.69. The lowest BCUT2D eigenvalue weighted by atomic mass is 10.3. The summed E-state index contributed by atoms with van der Waals surface area (Å²) in [6.45, 7) is 2.57. The minimum Gasteiger partial charge on any atom is -0.359 e. The van der Waals surface area contributed by atoms with Crippen LogP contribution in [-0.2, 0) is 4.74 Å². The Morgan fingerprint density at radius 2 is 2.00 bits per heavy atom. The normalized spacial score (nSPS) is 16.9. The van der Waals surface area contributed by atoms with Gasteiger partial charge in [-0.2, -0.15) is 0 Å². The van der Waals surface area contributed by atoms with Crippen molar-refractivity contribution in [3.05, 3.63) is 28.7 Å². The summed E-state index contributed by atoms with van der Waals surface area (Å²) >= 11 is 3.40. The van der Waals surface area contributed by atoms with Crippen LogP contribution in [0.15, 0.2) is 28.7 Å². The predicted molar refractivity (Wildman–Crippen MR) is 52.3 cm³/mol. The average molecular weight is 228 g/mol. The Balaban J connectivity index is 2.17. The number of anilines is 1. The Bertz CT molecular complexity index is 254. The molecule has 0 saturated carbocycles. The lowest BCUT2D eigenvalue weighted by Crippen LogP contribution is -2.18. The first kappa shape index (κ1) is 8.08. The highest BCUT2D eigenvalue weighted by Gasteiger charge is 2.11. The van der Waals surface area contributed by atoms with Crippen molar-refractivity contribution in [2.45, 2.75) is 0 Å². The molecule has 1 aliphatic rings. The molecule has 1 aliphatic heterocycles. The summed E-state index contributed by atoms with van der Waals surface area (Å²) in [4.78, 5) is 2.21. The first-order valence-corrected chi connectivity index (χ1v) is 4.74. The highest BCUT2D eigenvalue weighted by Crippen LogP contribution is 2.19. The van der Waals surface area contributed by atoms with Crippen molar-refractivity contribution in [2.24, 2.45) is 0 Å². The predicted octanol–water partition coefficient (Wildman–Crippen LogP) is 2.24. The molecule has 0 amide bonds. The van der Waals surface area contributed by atoms with Crippen LogP contribution in [0.2, 0.25) is 0 Å². The molecule has 2 nitrogen and oxygen atoms in total. The van der Waals surface area contributed by atoms with Gasteiger partial charge >= 0.3 is 0 Å². The van der Waals surface area contributed by atoms with Crippen molar-refractivity contribution >= 4 is 21.6 Å². The maximum atomic E-state index is 5.26. The maximum absolute atomic E-state index is 5.26. The van der Waals surface area contributed by atoms with E-state index in [1.807, 2.05) is 12.1 Å².